The van der Waals surface area contributed by atoms with E-state index in [1.54, 1.807) is 11.9 Å². The second kappa shape index (κ2) is 5.08. The SMILES string of the molecule is CN(Cc1ccsc1)c1cc(C(F)(F)F)cc(N)n1. The van der Waals surface area contributed by atoms with Crippen molar-refractivity contribution in [2.24, 2.45) is 0 Å². The minimum absolute atomic E-state index is 0.137. The maximum absolute atomic E-state index is 12.7. The van der Waals surface area contributed by atoms with Gasteiger partial charge in [-0.1, -0.05) is 0 Å². The highest BCUT2D eigenvalue weighted by atomic mass is 32.1. The topological polar surface area (TPSA) is 42.1 Å². The third-order valence-corrected chi connectivity index (χ3v) is 3.28. The minimum Gasteiger partial charge on any atom is -0.384 e. The zero-order valence-electron chi connectivity index (χ0n) is 10.1. The summed E-state index contributed by atoms with van der Waals surface area (Å²) in [7, 11) is 1.68. The van der Waals surface area contributed by atoms with Crippen LogP contribution in [0, 0.1) is 0 Å². The van der Waals surface area contributed by atoms with Gasteiger partial charge in [0.1, 0.15) is 11.6 Å². The molecular formula is C12H12F3N3S. The monoisotopic (exact) mass is 287 g/mol. The highest BCUT2D eigenvalue weighted by molar-refractivity contribution is 7.07. The number of thiophene rings is 1. The first-order chi connectivity index (χ1) is 8.86. The minimum atomic E-state index is -4.42. The number of rotatable bonds is 3. The molecule has 0 fully saturated rings. The molecule has 0 saturated carbocycles. The van der Waals surface area contributed by atoms with Gasteiger partial charge in [0.2, 0.25) is 0 Å². The van der Waals surface area contributed by atoms with Crippen molar-refractivity contribution in [1.82, 2.24) is 4.98 Å². The maximum atomic E-state index is 12.7. The van der Waals surface area contributed by atoms with Crippen LogP contribution in [-0.2, 0) is 12.7 Å². The van der Waals surface area contributed by atoms with Crippen LogP contribution >= 0.6 is 11.3 Å². The summed E-state index contributed by atoms with van der Waals surface area (Å²) < 4.78 is 38.1. The normalized spacial score (nSPS) is 11.6. The van der Waals surface area contributed by atoms with Gasteiger partial charge in [0.25, 0.3) is 0 Å². The zero-order valence-corrected chi connectivity index (χ0v) is 10.9. The predicted octanol–water partition coefficient (Wildman–Crippen LogP) is 3.38. The predicted molar refractivity (Wildman–Crippen MR) is 70.1 cm³/mol. The van der Waals surface area contributed by atoms with Crippen LogP contribution in [-0.4, -0.2) is 12.0 Å². The fourth-order valence-corrected chi connectivity index (χ4v) is 2.29. The van der Waals surface area contributed by atoms with E-state index in [2.05, 4.69) is 4.98 Å². The lowest BCUT2D eigenvalue weighted by molar-refractivity contribution is -0.137. The second-order valence-corrected chi connectivity index (χ2v) is 4.90. The Labute approximate surface area is 112 Å². The number of nitrogens with two attached hydrogens (primary N) is 1. The van der Waals surface area contributed by atoms with Crippen molar-refractivity contribution < 1.29 is 13.2 Å². The fraction of sp³-hybridized carbons (Fsp3) is 0.250. The van der Waals surface area contributed by atoms with Gasteiger partial charge < -0.3 is 10.6 Å². The van der Waals surface area contributed by atoms with Crippen LogP contribution in [0.2, 0.25) is 0 Å². The van der Waals surface area contributed by atoms with Gasteiger partial charge in [0, 0.05) is 13.6 Å². The molecule has 2 aromatic rings. The van der Waals surface area contributed by atoms with Crippen LogP contribution in [0.3, 0.4) is 0 Å². The van der Waals surface area contributed by atoms with Crippen LogP contribution in [0.1, 0.15) is 11.1 Å². The third kappa shape index (κ3) is 3.37. The Bertz CT molecular complexity index is 552. The molecule has 0 radical (unpaired) electrons. The van der Waals surface area contributed by atoms with Crippen LogP contribution in [0.5, 0.6) is 0 Å². The smallest absolute Gasteiger partial charge is 0.384 e. The molecule has 19 heavy (non-hydrogen) atoms. The molecule has 102 valence electrons. The van der Waals surface area contributed by atoms with Gasteiger partial charge in [-0.25, -0.2) is 4.98 Å². The summed E-state index contributed by atoms with van der Waals surface area (Å²) in [5, 5.41) is 3.85. The van der Waals surface area contributed by atoms with Gasteiger partial charge in [-0.15, -0.1) is 0 Å². The number of hydrogen-bond donors (Lipinski definition) is 1. The number of pyridine rings is 1. The molecule has 0 saturated heterocycles. The molecule has 0 aliphatic carbocycles. The number of anilines is 2. The summed E-state index contributed by atoms with van der Waals surface area (Å²) in [6, 6.07) is 3.75. The molecule has 3 nitrogen and oxygen atoms in total. The lowest BCUT2D eigenvalue weighted by atomic mass is 10.2. The maximum Gasteiger partial charge on any atom is 0.416 e. The number of halogens is 3. The summed E-state index contributed by atoms with van der Waals surface area (Å²) in [5.41, 5.74) is 5.67. The Balaban J connectivity index is 2.26. The molecule has 7 heteroatoms. The van der Waals surface area contributed by atoms with Gasteiger partial charge >= 0.3 is 6.18 Å². The highest BCUT2D eigenvalue weighted by Crippen LogP contribution is 2.32. The summed E-state index contributed by atoms with van der Waals surface area (Å²) in [5.74, 6) is 0.0699. The van der Waals surface area contributed by atoms with E-state index in [9.17, 15) is 13.2 Å². The van der Waals surface area contributed by atoms with E-state index in [1.807, 2.05) is 16.8 Å². The van der Waals surface area contributed by atoms with E-state index in [4.69, 9.17) is 5.73 Å². The fourth-order valence-electron chi connectivity index (χ4n) is 1.63. The van der Waals surface area contributed by atoms with Crippen molar-refractivity contribution in [3.63, 3.8) is 0 Å². The van der Waals surface area contributed by atoms with E-state index >= 15 is 0 Å². The van der Waals surface area contributed by atoms with E-state index in [0.29, 0.717) is 6.54 Å². The molecule has 0 unspecified atom stereocenters. The van der Waals surface area contributed by atoms with Crippen molar-refractivity contribution in [1.29, 1.82) is 0 Å². The van der Waals surface area contributed by atoms with Crippen molar-refractivity contribution >= 4 is 23.0 Å². The van der Waals surface area contributed by atoms with Crippen molar-refractivity contribution in [2.45, 2.75) is 12.7 Å². The van der Waals surface area contributed by atoms with Crippen molar-refractivity contribution in [3.8, 4) is 0 Å². The zero-order chi connectivity index (χ0) is 14.0. The first kappa shape index (κ1) is 13.7. The molecule has 2 rings (SSSR count). The first-order valence-electron chi connectivity index (χ1n) is 5.43. The summed E-state index contributed by atoms with van der Waals surface area (Å²) in [6.07, 6.45) is -4.42. The van der Waals surface area contributed by atoms with Crippen LogP contribution in [0.4, 0.5) is 24.8 Å². The largest absolute Gasteiger partial charge is 0.416 e. The molecule has 0 amide bonds. The number of nitrogen functional groups attached to an aromatic ring is 1. The molecular weight excluding hydrogens is 275 g/mol. The van der Waals surface area contributed by atoms with E-state index in [1.165, 1.54) is 11.3 Å². The van der Waals surface area contributed by atoms with Gasteiger partial charge in [-0.05, 0) is 34.5 Å². The van der Waals surface area contributed by atoms with E-state index in [0.717, 1.165) is 17.7 Å². The summed E-state index contributed by atoms with van der Waals surface area (Å²) in [6.45, 7) is 0.483. The molecule has 0 spiro atoms. The average molecular weight is 287 g/mol. The molecule has 0 bridgehead atoms. The Morgan fingerprint density at radius 1 is 1.37 bits per heavy atom. The Morgan fingerprint density at radius 3 is 2.68 bits per heavy atom. The van der Waals surface area contributed by atoms with Gasteiger partial charge in [-0.2, -0.15) is 24.5 Å². The van der Waals surface area contributed by atoms with Crippen LogP contribution in [0.25, 0.3) is 0 Å². The highest BCUT2D eigenvalue weighted by Gasteiger charge is 2.31. The molecule has 0 aliphatic heterocycles. The lowest BCUT2D eigenvalue weighted by Gasteiger charge is -2.19. The van der Waals surface area contributed by atoms with E-state index < -0.39 is 11.7 Å². The molecule has 0 aliphatic rings. The van der Waals surface area contributed by atoms with Crippen molar-refractivity contribution in [2.75, 3.05) is 17.7 Å². The standard InChI is InChI=1S/C12H12F3N3S/c1-18(6-8-2-3-19-7-8)11-5-9(12(13,14)15)4-10(16)17-11/h2-5,7H,6H2,1H3,(H2,16,17). The molecule has 0 atom stereocenters. The summed E-state index contributed by atoms with van der Waals surface area (Å²) >= 11 is 1.54. The first-order valence-corrected chi connectivity index (χ1v) is 6.37. The Hall–Kier alpha value is -1.76. The van der Waals surface area contributed by atoms with Gasteiger partial charge in [0.05, 0.1) is 5.56 Å². The average Bonchev–Trinajstić information content (AvgIpc) is 2.79. The van der Waals surface area contributed by atoms with Crippen molar-refractivity contribution in [3.05, 3.63) is 40.1 Å². The lowest BCUT2D eigenvalue weighted by Crippen LogP contribution is -2.19. The molecule has 2 N–H and O–H groups in total. The molecule has 2 aromatic heterocycles. The molecule has 0 aromatic carbocycles. The second-order valence-electron chi connectivity index (χ2n) is 4.12. The quantitative estimate of drug-likeness (QED) is 0.941. The Morgan fingerprint density at radius 2 is 2.11 bits per heavy atom. The number of alkyl halides is 3. The van der Waals surface area contributed by atoms with E-state index in [-0.39, 0.29) is 11.6 Å². The van der Waals surface area contributed by atoms with Crippen LogP contribution < -0.4 is 10.6 Å². The summed E-state index contributed by atoms with van der Waals surface area (Å²) in [4.78, 5) is 5.57. The number of nitrogens with zero attached hydrogens (tertiary/aromatic N) is 2. The Kier molecular flexibility index (Phi) is 3.66. The third-order valence-electron chi connectivity index (χ3n) is 2.55. The van der Waals surface area contributed by atoms with Gasteiger partial charge in [-0.3, -0.25) is 0 Å². The number of aromatic nitrogens is 1. The molecule has 2 heterocycles. The van der Waals surface area contributed by atoms with Crippen LogP contribution in [0.15, 0.2) is 29.0 Å². The number of hydrogen-bond acceptors (Lipinski definition) is 4. The van der Waals surface area contributed by atoms with Gasteiger partial charge in [0.15, 0.2) is 0 Å².